The molecule has 0 aliphatic heterocycles. The van der Waals surface area contributed by atoms with Gasteiger partial charge in [-0.1, -0.05) is 0 Å². The zero-order valence-corrected chi connectivity index (χ0v) is 17.4. The summed E-state index contributed by atoms with van der Waals surface area (Å²) < 4.78 is 20.8. The molecule has 0 bridgehead atoms. The van der Waals surface area contributed by atoms with Crippen molar-refractivity contribution in [3.05, 3.63) is 0 Å². The fourth-order valence-electron chi connectivity index (χ4n) is 2.05. The van der Waals surface area contributed by atoms with E-state index in [1.807, 2.05) is 6.92 Å². The van der Waals surface area contributed by atoms with E-state index in [0.29, 0.717) is 33.0 Å². The second kappa shape index (κ2) is 20.0. The van der Waals surface area contributed by atoms with Crippen LogP contribution in [-0.4, -0.2) is 101 Å². The van der Waals surface area contributed by atoms with Crippen LogP contribution in [-0.2, 0) is 38.1 Å². The molecule has 0 fully saturated rings. The van der Waals surface area contributed by atoms with E-state index < -0.39 is 12.0 Å². The number of carboxylic acid groups (broad SMARTS) is 1. The first-order chi connectivity index (χ1) is 14.5. The molecule has 0 radical (unpaired) electrons. The second-order valence-corrected chi connectivity index (χ2v) is 5.89. The molecule has 3 amide bonds. The standard InChI is InChI=1S/C18H33N3O9/c1-2-27-9-10-28-8-6-20-17(24)13-30-12-11-29-7-5-19-16(23)4-3-15(18(25)26)21-14-22/h14-15H,2-13H2,1H3,(H,19,23)(H,20,24)(H,21,22)(H,25,26)/t15-/m0/s1. The van der Waals surface area contributed by atoms with E-state index in [2.05, 4.69) is 16.0 Å². The number of carbonyl (C=O) groups excluding carboxylic acids is 3. The van der Waals surface area contributed by atoms with Crippen LogP contribution in [0.5, 0.6) is 0 Å². The Balaban J connectivity index is 3.46. The SMILES string of the molecule is CCOCCOCCNC(=O)COCCOCCNC(=O)CC[C@H](NC=O)C(=O)O. The Kier molecular flexibility index (Phi) is 18.5. The van der Waals surface area contributed by atoms with Crippen LogP contribution < -0.4 is 16.0 Å². The third-order valence-electron chi connectivity index (χ3n) is 3.55. The van der Waals surface area contributed by atoms with Crippen molar-refractivity contribution in [3.63, 3.8) is 0 Å². The van der Waals surface area contributed by atoms with E-state index >= 15 is 0 Å². The highest BCUT2D eigenvalue weighted by atomic mass is 16.5. The lowest BCUT2D eigenvalue weighted by Crippen LogP contribution is -2.37. The van der Waals surface area contributed by atoms with E-state index in [0.717, 1.165) is 0 Å². The highest BCUT2D eigenvalue weighted by Crippen LogP contribution is 1.97. The molecule has 0 heterocycles. The van der Waals surface area contributed by atoms with Crippen molar-refractivity contribution < 1.29 is 43.2 Å². The first-order valence-corrected chi connectivity index (χ1v) is 9.78. The second-order valence-electron chi connectivity index (χ2n) is 5.89. The molecular formula is C18H33N3O9. The summed E-state index contributed by atoms with van der Waals surface area (Å²) in [4.78, 5) is 44.2. The number of carbonyl (C=O) groups is 4. The predicted molar refractivity (Wildman–Crippen MR) is 105 cm³/mol. The number of hydrogen-bond donors (Lipinski definition) is 4. The fraction of sp³-hybridized carbons (Fsp3) is 0.778. The van der Waals surface area contributed by atoms with Crippen molar-refractivity contribution in [2.24, 2.45) is 0 Å². The van der Waals surface area contributed by atoms with Crippen LogP contribution in [0.4, 0.5) is 0 Å². The minimum atomic E-state index is -1.20. The maximum Gasteiger partial charge on any atom is 0.326 e. The largest absolute Gasteiger partial charge is 0.480 e. The summed E-state index contributed by atoms with van der Waals surface area (Å²) in [5, 5.41) is 16.2. The Morgan fingerprint density at radius 2 is 1.43 bits per heavy atom. The molecule has 0 aromatic rings. The Labute approximate surface area is 175 Å². The van der Waals surface area contributed by atoms with Gasteiger partial charge in [-0.05, 0) is 13.3 Å². The number of amides is 3. The summed E-state index contributed by atoms with van der Waals surface area (Å²) in [5.74, 6) is -1.79. The highest BCUT2D eigenvalue weighted by Gasteiger charge is 2.17. The molecule has 0 aromatic carbocycles. The lowest BCUT2D eigenvalue weighted by molar-refractivity contribution is -0.140. The Hall–Kier alpha value is -2.28. The number of nitrogens with one attached hydrogen (secondary N) is 3. The quantitative estimate of drug-likeness (QED) is 0.121. The summed E-state index contributed by atoms with van der Waals surface area (Å²) in [6.07, 6.45) is 0.250. The molecule has 30 heavy (non-hydrogen) atoms. The van der Waals surface area contributed by atoms with E-state index in [1.54, 1.807) is 0 Å². The zero-order valence-electron chi connectivity index (χ0n) is 17.4. The van der Waals surface area contributed by atoms with Crippen LogP contribution in [0.3, 0.4) is 0 Å². The summed E-state index contributed by atoms with van der Waals surface area (Å²) in [5.41, 5.74) is 0. The monoisotopic (exact) mass is 435 g/mol. The van der Waals surface area contributed by atoms with Crippen LogP contribution in [0.2, 0.25) is 0 Å². The van der Waals surface area contributed by atoms with Gasteiger partial charge in [-0.25, -0.2) is 4.79 Å². The zero-order chi connectivity index (χ0) is 22.5. The number of carboxylic acids is 1. The Morgan fingerprint density at radius 1 is 0.867 bits per heavy atom. The maximum absolute atomic E-state index is 11.6. The number of aliphatic carboxylic acids is 1. The van der Waals surface area contributed by atoms with E-state index in [-0.39, 0.29) is 64.0 Å². The normalized spacial score (nSPS) is 11.5. The summed E-state index contributed by atoms with van der Waals surface area (Å²) >= 11 is 0. The van der Waals surface area contributed by atoms with Crippen LogP contribution in [0.1, 0.15) is 19.8 Å². The molecule has 0 spiro atoms. The first-order valence-electron chi connectivity index (χ1n) is 9.78. The van der Waals surface area contributed by atoms with Gasteiger partial charge in [0.1, 0.15) is 12.6 Å². The molecule has 1 atom stereocenters. The summed E-state index contributed by atoms with van der Waals surface area (Å²) in [7, 11) is 0. The van der Waals surface area contributed by atoms with Gasteiger partial charge in [0, 0.05) is 26.1 Å². The van der Waals surface area contributed by atoms with Gasteiger partial charge in [-0.2, -0.15) is 0 Å². The smallest absolute Gasteiger partial charge is 0.326 e. The van der Waals surface area contributed by atoms with Gasteiger partial charge in [0.15, 0.2) is 0 Å². The van der Waals surface area contributed by atoms with Crippen molar-refractivity contribution in [1.29, 1.82) is 0 Å². The van der Waals surface area contributed by atoms with Gasteiger partial charge in [-0.3, -0.25) is 14.4 Å². The van der Waals surface area contributed by atoms with Gasteiger partial charge in [-0.15, -0.1) is 0 Å². The molecule has 0 unspecified atom stereocenters. The molecule has 0 rings (SSSR count). The number of rotatable bonds is 21. The first kappa shape index (κ1) is 27.7. The molecule has 0 aliphatic rings. The highest BCUT2D eigenvalue weighted by molar-refractivity contribution is 5.79. The molecule has 0 saturated heterocycles. The predicted octanol–water partition coefficient (Wildman–Crippen LogP) is -1.72. The fourth-order valence-corrected chi connectivity index (χ4v) is 2.05. The van der Waals surface area contributed by atoms with Crippen molar-refractivity contribution in [3.8, 4) is 0 Å². The van der Waals surface area contributed by atoms with E-state index in [1.165, 1.54) is 0 Å². The average Bonchev–Trinajstić information content (AvgIpc) is 2.72. The minimum absolute atomic E-state index is 0.00390. The third kappa shape index (κ3) is 17.8. The molecule has 0 aliphatic carbocycles. The van der Waals surface area contributed by atoms with Crippen molar-refractivity contribution in [2.45, 2.75) is 25.8 Å². The minimum Gasteiger partial charge on any atom is -0.480 e. The van der Waals surface area contributed by atoms with Gasteiger partial charge in [0.25, 0.3) is 0 Å². The molecule has 12 nitrogen and oxygen atoms in total. The van der Waals surface area contributed by atoms with Crippen LogP contribution >= 0.6 is 0 Å². The molecular weight excluding hydrogens is 402 g/mol. The van der Waals surface area contributed by atoms with Gasteiger partial charge >= 0.3 is 5.97 Å². The molecule has 174 valence electrons. The van der Waals surface area contributed by atoms with Crippen LogP contribution in [0, 0.1) is 0 Å². The lowest BCUT2D eigenvalue weighted by Gasteiger charge is -2.11. The Morgan fingerprint density at radius 3 is 2.00 bits per heavy atom. The summed E-state index contributed by atoms with van der Waals surface area (Å²) in [6, 6.07) is -1.09. The molecule has 12 heteroatoms. The molecule has 0 aromatic heterocycles. The van der Waals surface area contributed by atoms with Crippen molar-refractivity contribution in [1.82, 2.24) is 16.0 Å². The van der Waals surface area contributed by atoms with E-state index in [4.69, 9.17) is 24.1 Å². The number of hydrogen-bond acceptors (Lipinski definition) is 8. The maximum atomic E-state index is 11.6. The van der Waals surface area contributed by atoms with Crippen LogP contribution in [0.25, 0.3) is 0 Å². The third-order valence-corrected chi connectivity index (χ3v) is 3.55. The summed E-state index contributed by atoms with van der Waals surface area (Å²) in [6.45, 7) is 5.25. The van der Waals surface area contributed by atoms with Gasteiger partial charge in [0.05, 0.1) is 39.6 Å². The number of ether oxygens (including phenoxy) is 4. The molecule has 0 saturated carbocycles. The van der Waals surface area contributed by atoms with Crippen molar-refractivity contribution >= 4 is 24.2 Å². The van der Waals surface area contributed by atoms with E-state index in [9.17, 15) is 19.2 Å². The lowest BCUT2D eigenvalue weighted by atomic mass is 10.1. The topological polar surface area (TPSA) is 162 Å². The molecule has 4 N–H and O–H groups in total. The average molecular weight is 435 g/mol. The van der Waals surface area contributed by atoms with Gasteiger partial charge in [0.2, 0.25) is 18.2 Å². The van der Waals surface area contributed by atoms with Crippen LogP contribution in [0.15, 0.2) is 0 Å². The van der Waals surface area contributed by atoms with Crippen molar-refractivity contribution in [2.75, 3.05) is 65.9 Å². The van der Waals surface area contributed by atoms with Gasteiger partial charge < -0.3 is 40.0 Å². The Bertz CT molecular complexity index is 492.